The number of nitrogens with zero attached hydrogens (tertiary/aromatic N) is 1. The number of hydrogen-bond donors (Lipinski definition) is 1. The lowest BCUT2D eigenvalue weighted by Gasteiger charge is -2.30. The number of hydrogen-bond acceptors (Lipinski definition) is 5. The summed E-state index contributed by atoms with van der Waals surface area (Å²) in [5.74, 6) is 0.924. The van der Waals surface area contributed by atoms with Crippen molar-refractivity contribution in [2.75, 3.05) is 26.8 Å². The monoisotopic (exact) mass is 444 g/mol. The summed E-state index contributed by atoms with van der Waals surface area (Å²) in [5.41, 5.74) is 3.32. The first-order valence-corrected chi connectivity index (χ1v) is 11.7. The van der Waals surface area contributed by atoms with Gasteiger partial charge in [-0.05, 0) is 73.5 Å². The first-order valence-electron chi connectivity index (χ1n) is 11.7. The molecule has 1 fully saturated rings. The normalized spacial score (nSPS) is 18.5. The predicted molar refractivity (Wildman–Crippen MR) is 132 cm³/mol. The predicted octanol–water partition coefficient (Wildman–Crippen LogP) is 5.05. The van der Waals surface area contributed by atoms with Crippen molar-refractivity contribution in [2.24, 2.45) is 11.8 Å². The molecule has 1 aliphatic rings. The highest BCUT2D eigenvalue weighted by Gasteiger charge is 2.31. The van der Waals surface area contributed by atoms with E-state index in [4.69, 9.17) is 9.47 Å². The molecule has 0 aliphatic carbocycles. The van der Waals surface area contributed by atoms with Crippen LogP contribution in [0, 0.1) is 11.8 Å². The second-order valence-electron chi connectivity index (χ2n) is 8.54. The summed E-state index contributed by atoms with van der Waals surface area (Å²) in [5, 5.41) is 4.42. The molecule has 2 heterocycles. The van der Waals surface area contributed by atoms with Gasteiger partial charge in [0.1, 0.15) is 5.75 Å². The average Bonchev–Trinajstić information content (AvgIpc) is 2.87. The second-order valence-corrected chi connectivity index (χ2v) is 8.54. The standard InChI is InChI=1S/C28H32N2O3/c1-32-24-12-13-27-25(19-24)22(15-17-30-27)10-5-11-23-14-16-29-20-26(23)28(31)33-18-6-9-21-7-3-2-4-8-21/h2-5,7-8,10,12-13,15,17,19,23,26,29H,6,9,11,14,16,18,20H2,1H3/t23-,26+/m1/s1. The molecule has 1 aliphatic heterocycles. The molecule has 1 aromatic heterocycles. The molecular formula is C28H32N2O3. The number of piperidine rings is 1. The molecule has 2 aromatic carbocycles. The molecule has 0 amide bonds. The van der Waals surface area contributed by atoms with Crippen molar-refractivity contribution in [1.82, 2.24) is 10.3 Å². The van der Waals surface area contributed by atoms with Crippen molar-refractivity contribution in [2.45, 2.75) is 25.7 Å². The number of pyridine rings is 1. The maximum absolute atomic E-state index is 12.8. The molecule has 1 saturated heterocycles. The molecule has 33 heavy (non-hydrogen) atoms. The Hall–Kier alpha value is -3.18. The van der Waals surface area contributed by atoms with E-state index in [2.05, 4.69) is 34.6 Å². The summed E-state index contributed by atoms with van der Waals surface area (Å²) < 4.78 is 11.0. The van der Waals surface area contributed by atoms with Crippen LogP contribution in [0.5, 0.6) is 5.75 Å². The summed E-state index contributed by atoms with van der Waals surface area (Å²) in [7, 11) is 1.67. The van der Waals surface area contributed by atoms with Gasteiger partial charge in [-0.15, -0.1) is 0 Å². The van der Waals surface area contributed by atoms with E-state index in [-0.39, 0.29) is 17.8 Å². The number of fused-ring (bicyclic) bond motifs is 1. The minimum atomic E-state index is -0.102. The zero-order valence-corrected chi connectivity index (χ0v) is 19.2. The molecule has 0 spiro atoms. The fourth-order valence-corrected chi connectivity index (χ4v) is 4.46. The number of aromatic nitrogens is 1. The van der Waals surface area contributed by atoms with Crippen LogP contribution in [0.2, 0.25) is 0 Å². The van der Waals surface area contributed by atoms with Crippen LogP contribution >= 0.6 is 0 Å². The molecule has 0 bridgehead atoms. The van der Waals surface area contributed by atoms with E-state index in [1.165, 1.54) is 5.56 Å². The van der Waals surface area contributed by atoms with E-state index in [0.29, 0.717) is 13.2 Å². The van der Waals surface area contributed by atoms with Crippen molar-refractivity contribution < 1.29 is 14.3 Å². The molecule has 4 rings (SSSR count). The summed E-state index contributed by atoms with van der Waals surface area (Å²) in [6.07, 6.45) is 9.73. The number of carbonyl (C=O) groups excluding carboxylic acids is 1. The molecule has 3 aromatic rings. The Bertz CT molecular complexity index is 1080. The zero-order chi connectivity index (χ0) is 22.9. The molecule has 5 nitrogen and oxygen atoms in total. The molecule has 0 radical (unpaired) electrons. The highest BCUT2D eigenvalue weighted by molar-refractivity contribution is 5.88. The van der Waals surface area contributed by atoms with Crippen molar-refractivity contribution in [3.05, 3.63) is 78.0 Å². The quantitative estimate of drug-likeness (QED) is 0.370. The summed E-state index contributed by atoms with van der Waals surface area (Å²) in [6, 6.07) is 18.2. The number of allylic oxidation sites excluding steroid dienone is 1. The number of carbonyl (C=O) groups is 1. The number of nitrogens with one attached hydrogen (secondary N) is 1. The van der Waals surface area contributed by atoms with Crippen LogP contribution in [0.15, 0.2) is 66.9 Å². The topological polar surface area (TPSA) is 60.5 Å². The number of rotatable bonds is 9. The molecule has 0 saturated carbocycles. The summed E-state index contributed by atoms with van der Waals surface area (Å²) in [4.78, 5) is 17.2. The summed E-state index contributed by atoms with van der Waals surface area (Å²) in [6.45, 7) is 2.09. The van der Waals surface area contributed by atoms with Gasteiger partial charge in [-0.25, -0.2) is 0 Å². The van der Waals surface area contributed by atoms with Crippen molar-refractivity contribution in [1.29, 1.82) is 0 Å². The van der Waals surface area contributed by atoms with Crippen molar-refractivity contribution in [3.63, 3.8) is 0 Å². The molecular weight excluding hydrogens is 412 g/mol. The first-order chi connectivity index (χ1) is 16.2. The van der Waals surface area contributed by atoms with Gasteiger partial charge in [0.15, 0.2) is 0 Å². The van der Waals surface area contributed by atoms with Gasteiger partial charge in [0.25, 0.3) is 0 Å². The minimum absolute atomic E-state index is 0.0761. The van der Waals surface area contributed by atoms with Crippen LogP contribution < -0.4 is 10.1 Å². The van der Waals surface area contributed by atoms with Crippen molar-refractivity contribution in [3.8, 4) is 5.75 Å². The van der Waals surface area contributed by atoms with Crippen LogP contribution in [0.25, 0.3) is 17.0 Å². The van der Waals surface area contributed by atoms with Gasteiger partial charge in [0, 0.05) is 18.1 Å². The zero-order valence-electron chi connectivity index (χ0n) is 19.2. The maximum atomic E-state index is 12.8. The SMILES string of the molecule is COc1ccc2nccc(C=CC[C@@H]3CCNC[C@@H]3C(=O)OCCCc3ccccc3)c2c1. The Morgan fingerprint density at radius 2 is 2.06 bits per heavy atom. The van der Waals surface area contributed by atoms with Gasteiger partial charge in [-0.2, -0.15) is 0 Å². The van der Waals surface area contributed by atoms with Gasteiger partial charge in [-0.3, -0.25) is 9.78 Å². The minimum Gasteiger partial charge on any atom is -0.497 e. The number of benzene rings is 2. The van der Waals surface area contributed by atoms with Gasteiger partial charge in [-0.1, -0.05) is 42.5 Å². The Morgan fingerprint density at radius 1 is 1.18 bits per heavy atom. The Labute approximate surface area is 195 Å². The van der Waals surface area contributed by atoms with Gasteiger partial charge in [0.05, 0.1) is 25.2 Å². The lowest BCUT2D eigenvalue weighted by Crippen LogP contribution is -2.41. The van der Waals surface area contributed by atoms with E-state index in [0.717, 1.165) is 54.4 Å². The van der Waals surface area contributed by atoms with Crippen LogP contribution in [0.1, 0.15) is 30.4 Å². The van der Waals surface area contributed by atoms with Crippen LogP contribution in [0.4, 0.5) is 0 Å². The van der Waals surface area contributed by atoms with Crippen LogP contribution in [0.3, 0.4) is 0 Å². The largest absolute Gasteiger partial charge is 0.497 e. The van der Waals surface area contributed by atoms with Crippen LogP contribution in [-0.4, -0.2) is 37.8 Å². The van der Waals surface area contributed by atoms with Crippen molar-refractivity contribution >= 4 is 22.9 Å². The fourth-order valence-electron chi connectivity index (χ4n) is 4.46. The Morgan fingerprint density at radius 3 is 2.91 bits per heavy atom. The van der Waals surface area contributed by atoms with E-state index in [9.17, 15) is 4.79 Å². The number of aryl methyl sites for hydroxylation is 1. The highest BCUT2D eigenvalue weighted by atomic mass is 16.5. The van der Waals surface area contributed by atoms with E-state index >= 15 is 0 Å². The third-order valence-electron chi connectivity index (χ3n) is 6.34. The number of ether oxygens (including phenoxy) is 2. The molecule has 1 N–H and O–H groups in total. The summed E-state index contributed by atoms with van der Waals surface area (Å²) >= 11 is 0. The average molecular weight is 445 g/mol. The fraction of sp³-hybridized carbons (Fsp3) is 0.357. The number of esters is 1. The van der Waals surface area contributed by atoms with Gasteiger partial charge < -0.3 is 14.8 Å². The Balaban J connectivity index is 1.33. The Kier molecular flexibility index (Phi) is 8.09. The first kappa shape index (κ1) is 23.0. The highest BCUT2D eigenvalue weighted by Crippen LogP contribution is 2.27. The van der Waals surface area contributed by atoms with Gasteiger partial charge in [0.2, 0.25) is 0 Å². The lowest BCUT2D eigenvalue weighted by atomic mass is 9.84. The second kappa shape index (κ2) is 11.6. The molecule has 172 valence electrons. The number of methoxy groups -OCH3 is 1. The molecule has 5 heteroatoms. The third kappa shape index (κ3) is 6.20. The molecule has 2 atom stereocenters. The van der Waals surface area contributed by atoms with Gasteiger partial charge >= 0.3 is 5.97 Å². The van der Waals surface area contributed by atoms with E-state index in [1.54, 1.807) is 7.11 Å². The lowest BCUT2D eigenvalue weighted by molar-refractivity contribution is -0.151. The van der Waals surface area contributed by atoms with E-state index < -0.39 is 0 Å². The van der Waals surface area contributed by atoms with E-state index in [1.807, 2.05) is 48.7 Å². The molecule has 0 unspecified atom stereocenters. The van der Waals surface area contributed by atoms with Crippen LogP contribution in [-0.2, 0) is 16.0 Å². The smallest absolute Gasteiger partial charge is 0.310 e. The third-order valence-corrected chi connectivity index (χ3v) is 6.34. The maximum Gasteiger partial charge on any atom is 0.310 e.